The van der Waals surface area contributed by atoms with E-state index < -0.39 is 6.04 Å². The smallest absolute Gasteiger partial charge is 0.242 e. The summed E-state index contributed by atoms with van der Waals surface area (Å²) in [6.45, 7) is 1.39. The summed E-state index contributed by atoms with van der Waals surface area (Å²) in [5.74, 6) is -0.442. The predicted octanol–water partition coefficient (Wildman–Crippen LogP) is 1.71. The molecule has 1 N–H and O–H groups in total. The molecule has 3 aromatic rings. The lowest BCUT2D eigenvalue weighted by molar-refractivity contribution is -0.127. The molecule has 0 aliphatic carbocycles. The van der Waals surface area contributed by atoms with Gasteiger partial charge in [0.15, 0.2) is 5.78 Å². The Labute approximate surface area is 150 Å². The second-order valence-corrected chi connectivity index (χ2v) is 6.10. The van der Waals surface area contributed by atoms with Gasteiger partial charge in [0.25, 0.3) is 0 Å². The third kappa shape index (κ3) is 4.03. The van der Waals surface area contributed by atoms with Gasteiger partial charge in [0.2, 0.25) is 11.3 Å². The van der Waals surface area contributed by atoms with E-state index in [-0.39, 0.29) is 23.7 Å². The summed E-state index contributed by atoms with van der Waals surface area (Å²) >= 11 is 0. The zero-order valence-corrected chi connectivity index (χ0v) is 14.4. The van der Waals surface area contributed by atoms with Crippen LogP contribution in [0.4, 0.5) is 0 Å². The monoisotopic (exact) mass is 349 g/mol. The number of aromatic nitrogens is 2. The van der Waals surface area contributed by atoms with Gasteiger partial charge in [-0.3, -0.25) is 19.1 Å². The summed E-state index contributed by atoms with van der Waals surface area (Å²) in [5.41, 5.74) is 1.36. The number of rotatable bonds is 6. The van der Waals surface area contributed by atoms with Crippen LogP contribution in [0.5, 0.6) is 0 Å². The Morgan fingerprint density at radius 1 is 1.08 bits per heavy atom. The average molecular weight is 349 g/mol. The minimum absolute atomic E-state index is 0.0701. The minimum Gasteiger partial charge on any atom is -0.344 e. The van der Waals surface area contributed by atoms with E-state index in [1.807, 2.05) is 30.3 Å². The number of hydrogen-bond acceptors (Lipinski definition) is 4. The van der Waals surface area contributed by atoms with E-state index in [1.54, 1.807) is 24.3 Å². The van der Waals surface area contributed by atoms with Gasteiger partial charge in [-0.25, -0.2) is 0 Å². The standard InChI is InChI=1S/C20H19N3O3/c1-14(24)17(11-15-7-3-2-4-8-15)22-20(26)13-23-18-10-6-5-9-16(18)19(25)12-21-23/h2-10,12,17H,11,13H2,1H3,(H,22,26)/t17-/m1/s1. The highest BCUT2D eigenvalue weighted by Crippen LogP contribution is 2.08. The van der Waals surface area contributed by atoms with Crippen molar-refractivity contribution < 1.29 is 9.59 Å². The molecule has 1 heterocycles. The van der Waals surface area contributed by atoms with Crippen LogP contribution < -0.4 is 10.7 Å². The fourth-order valence-corrected chi connectivity index (χ4v) is 2.81. The lowest BCUT2D eigenvalue weighted by atomic mass is 10.0. The van der Waals surface area contributed by atoms with Gasteiger partial charge in [0.05, 0.1) is 17.8 Å². The molecule has 3 rings (SSSR count). The first-order valence-electron chi connectivity index (χ1n) is 8.33. The maximum absolute atomic E-state index is 12.4. The van der Waals surface area contributed by atoms with Crippen molar-refractivity contribution in [3.63, 3.8) is 0 Å². The molecule has 6 heteroatoms. The zero-order chi connectivity index (χ0) is 18.5. The molecule has 6 nitrogen and oxygen atoms in total. The number of amides is 1. The SMILES string of the molecule is CC(=O)[C@@H](Cc1ccccc1)NC(=O)Cn1ncc(=O)c2ccccc21. The number of carbonyl (C=O) groups is 2. The van der Waals surface area contributed by atoms with Crippen LogP contribution in [0.2, 0.25) is 0 Å². The number of para-hydroxylation sites is 1. The molecule has 0 aliphatic rings. The molecule has 0 unspecified atom stereocenters. The molecule has 2 aromatic carbocycles. The van der Waals surface area contributed by atoms with E-state index in [2.05, 4.69) is 10.4 Å². The van der Waals surface area contributed by atoms with Crippen LogP contribution >= 0.6 is 0 Å². The predicted molar refractivity (Wildman–Crippen MR) is 98.8 cm³/mol. The average Bonchev–Trinajstić information content (AvgIpc) is 2.64. The first-order chi connectivity index (χ1) is 12.5. The number of Topliss-reactive ketones (excluding diaryl/α,β-unsaturated/α-hetero) is 1. The molecule has 0 spiro atoms. The number of ketones is 1. The van der Waals surface area contributed by atoms with E-state index in [4.69, 9.17) is 0 Å². The van der Waals surface area contributed by atoms with Crippen molar-refractivity contribution in [1.82, 2.24) is 15.1 Å². The quantitative estimate of drug-likeness (QED) is 0.735. The van der Waals surface area contributed by atoms with Crippen LogP contribution in [0.1, 0.15) is 12.5 Å². The Morgan fingerprint density at radius 3 is 2.50 bits per heavy atom. The van der Waals surface area contributed by atoms with Gasteiger partial charge in [-0.2, -0.15) is 5.10 Å². The van der Waals surface area contributed by atoms with Crippen molar-refractivity contribution in [2.24, 2.45) is 0 Å². The number of carbonyl (C=O) groups excluding carboxylic acids is 2. The van der Waals surface area contributed by atoms with Crippen LogP contribution in [0, 0.1) is 0 Å². The second-order valence-electron chi connectivity index (χ2n) is 6.10. The van der Waals surface area contributed by atoms with Crippen LogP contribution in [-0.2, 0) is 22.6 Å². The summed E-state index contributed by atoms with van der Waals surface area (Å²) in [6.07, 6.45) is 1.63. The summed E-state index contributed by atoms with van der Waals surface area (Å²) in [5, 5.41) is 7.31. The van der Waals surface area contributed by atoms with Crippen molar-refractivity contribution >= 4 is 22.6 Å². The Hall–Kier alpha value is -3.28. The molecule has 1 atom stereocenters. The van der Waals surface area contributed by atoms with Gasteiger partial charge in [0, 0.05) is 5.39 Å². The summed E-state index contributed by atoms with van der Waals surface area (Å²) in [7, 11) is 0. The molecule has 0 aliphatic heterocycles. The molecular formula is C20H19N3O3. The van der Waals surface area contributed by atoms with Gasteiger partial charge in [0.1, 0.15) is 6.54 Å². The number of nitrogens with zero attached hydrogens (tertiary/aromatic N) is 2. The first-order valence-corrected chi connectivity index (χ1v) is 8.33. The van der Waals surface area contributed by atoms with E-state index in [1.165, 1.54) is 17.8 Å². The number of nitrogens with one attached hydrogen (secondary N) is 1. The van der Waals surface area contributed by atoms with Crippen LogP contribution in [0.3, 0.4) is 0 Å². The van der Waals surface area contributed by atoms with Gasteiger partial charge in [-0.15, -0.1) is 0 Å². The molecule has 26 heavy (non-hydrogen) atoms. The minimum atomic E-state index is -0.601. The summed E-state index contributed by atoms with van der Waals surface area (Å²) < 4.78 is 1.46. The normalized spacial score (nSPS) is 11.9. The highest BCUT2D eigenvalue weighted by Gasteiger charge is 2.18. The van der Waals surface area contributed by atoms with Crippen LogP contribution in [0.25, 0.3) is 10.9 Å². The fourth-order valence-electron chi connectivity index (χ4n) is 2.81. The molecule has 0 fully saturated rings. The van der Waals surface area contributed by atoms with Crippen molar-refractivity contribution in [2.45, 2.75) is 25.9 Å². The van der Waals surface area contributed by atoms with Crippen LogP contribution in [-0.4, -0.2) is 27.5 Å². The number of hydrogen-bond donors (Lipinski definition) is 1. The first kappa shape index (κ1) is 17.5. The molecule has 1 amide bonds. The van der Waals surface area contributed by atoms with E-state index in [0.29, 0.717) is 17.3 Å². The Balaban J connectivity index is 1.76. The molecular weight excluding hydrogens is 330 g/mol. The maximum atomic E-state index is 12.4. The van der Waals surface area contributed by atoms with Gasteiger partial charge >= 0.3 is 0 Å². The fraction of sp³-hybridized carbons (Fsp3) is 0.200. The lowest BCUT2D eigenvalue weighted by Gasteiger charge is -2.17. The Morgan fingerprint density at radius 2 is 1.77 bits per heavy atom. The maximum Gasteiger partial charge on any atom is 0.242 e. The molecule has 0 bridgehead atoms. The Kier molecular flexibility index (Phi) is 5.22. The van der Waals surface area contributed by atoms with E-state index >= 15 is 0 Å². The molecule has 0 radical (unpaired) electrons. The number of benzene rings is 2. The third-order valence-corrected chi connectivity index (χ3v) is 4.16. The van der Waals surface area contributed by atoms with Crippen molar-refractivity contribution in [1.29, 1.82) is 0 Å². The molecule has 0 saturated carbocycles. The second kappa shape index (κ2) is 7.74. The largest absolute Gasteiger partial charge is 0.344 e. The van der Waals surface area contributed by atoms with Crippen LogP contribution in [0.15, 0.2) is 65.6 Å². The van der Waals surface area contributed by atoms with Crippen molar-refractivity contribution in [3.8, 4) is 0 Å². The third-order valence-electron chi connectivity index (χ3n) is 4.16. The Bertz CT molecular complexity index is 996. The van der Waals surface area contributed by atoms with Gasteiger partial charge < -0.3 is 5.32 Å². The highest BCUT2D eigenvalue weighted by molar-refractivity contribution is 5.88. The topological polar surface area (TPSA) is 81.1 Å². The van der Waals surface area contributed by atoms with E-state index in [9.17, 15) is 14.4 Å². The summed E-state index contributed by atoms with van der Waals surface area (Å²) in [4.78, 5) is 36.2. The highest BCUT2D eigenvalue weighted by atomic mass is 16.2. The summed E-state index contributed by atoms with van der Waals surface area (Å²) in [6, 6.07) is 15.9. The molecule has 132 valence electrons. The molecule has 0 saturated heterocycles. The molecule has 1 aromatic heterocycles. The van der Waals surface area contributed by atoms with Crippen molar-refractivity contribution in [3.05, 3.63) is 76.6 Å². The van der Waals surface area contributed by atoms with Gasteiger partial charge in [-0.1, -0.05) is 42.5 Å². The van der Waals surface area contributed by atoms with E-state index in [0.717, 1.165) is 5.56 Å². The van der Waals surface area contributed by atoms with Gasteiger partial charge in [-0.05, 0) is 31.0 Å². The van der Waals surface area contributed by atoms with Crippen molar-refractivity contribution in [2.75, 3.05) is 0 Å². The zero-order valence-electron chi connectivity index (χ0n) is 14.4. The number of fused-ring (bicyclic) bond motifs is 1. The lowest BCUT2D eigenvalue weighted by Crippen LogP contribution is -2.43.